The number of rotatable bonds is 3. The van der Waals surface area contributed by atoms with E-state index in [1.807, 2.05) is 0 Å². The molecule has 5 heteroatoms. The Labute approximate surface area is 100 Å². The summed E-state index contributed by atoms with van der Waals surface area (Å²) < 4.78 is 15.8. The second-order valence-corrected chi connectivity index (χ2v) is 4.05. The van der Waals surface area contributed by atoms with E-state index in [-0.39, 0.29) is 5.92 Å². The molecule has 0 radical (unpaired) electrons. The lowest BCUT2D eigenvalue weighted by atomic mass is 9.96. The first kappa shape index (κ1) is 12.1. The molecular weight excluding hydrogens is 222 g/mol. The highest BCUT2D eigenvalue weighted by Crippen LogP contribution is 2.30. The van der Waals surface area contributed by atoms with Gasteiger partial charge in [-0.25, -0.2) is 9.78 Å². The summed E-state index contributed by atoms with van der Waals surface area (Å²) in [6.07, 6.45) is 1.72. The molecule has 94 valence electrons. The zero-order valence-electron chi connectivity index (χ0n) is 10.2. The predicted molar refractivity (Wildman–Crippen MR) is 60.0 cm³/mol. The smallest absolute Gasteiger partial charge is 0.360 e. The molecule has 1 aliphatic heterocycles. The van der Waals surface area contributed by atoms with Crippen molar-refractivity contribution >= 4 is 5.97 Å². The number of nitrogens with zero attached hydrogens (tertiary/aromatic N) is 1. The van der Waals surface area contributed by atoms with E-state index in [0.717, 1.165) is 12.8 Å². The van der Waals surface area contributed by atoms with Crippen LogP contribution in [0.15, 0.2) is 4.42 Å². The first-order valence-electron chi connectivity index (χ1n) is 5.94. The van der Waals surface area contributed by atoms with E-state index in [0.29, 0.717) is 37.2 Å². The Morgan fingerprint density at radius 2 is 2.18 bits per heavy atom. The van der Waals surface area contributed by atoms with Crippen LogP contribution < -0.4 is 0 Å². The Morgan fingerprint density at radius 3 is 2.82 bits per heavy atom. The number of carbonyl (C=O) groups excluding carboxylic acids is 1. The molecule has 0 bridgehead atoms. The van der Waals surface area contributed by atoms with Crippen molar-refractivity contribution in [1.29, 1.82) is 0 Å². The largest absolute Gasteiger partial charge is 0.461 e. The van der Waals surface area contributed by atoms with Crippen LogP contribution in [0.25, 0.3) is 0 Å². The summed E-state index contributed by atoms with van der Waals surface area (Å²) in [7, 11) is 0. The van der Waals surface area contributed by atoms with Gasteiger partial charge in [0.1, 0.15) is 5.76 Å². The number of ether oxygens (including phenoxy) is 2. The van der Waals surface area contributed by atoms with Gasteiger partial charge in [0, 0.05) is 26.1 Å². The van der Waals surface area contributed by atoms with Crippen LogP contribution in [0.1, 0.15) is 47.8 Å². The molecule has 0 aliphatic carbocycles. The van der Waals surface area contributed by atoms with Gasteiger partial charge in [-0.15, -0.1) is 0 Å². The fourth-order valence-corrected chi connectivity index (χ4v) is 2.02. The van der Waals surface area contributed by atoms with Gasteiger partial charge >= 0.3 is 5.97 Å². The van der Waals surface area contributed by atoms with E-state index in [9.17, 15) is 4.79 Å². The molecule has 0 saturated carbocycles. The number of hydrogen-bond donors (Lipinski definition) is 0. The zero-order chi connectivity index (χ0) is 12.3. The van der Waals surface area contributed by atoms with E-state index < -0.39 is 5.97 Å². The highest BCUT2D eigenvalue weighted by Gasteiger charge is 2.28. The molecule has 0 unspecified atom stereocenters. The monoisotopic (exact) mass is 239 g/mol. The Kier molecular flexibility index (Phi) is 3.78. The molecule has 1 aromatic rings. The van der Waals surface area contributed by atoms with Crippen LogP contribution >= 0.6 is 0 Å². The summed E-state index contributed by atoms with van der Waals surface area (Å²) in [5, 5.41) is 0. The SMILES string of the molecule is CCOC(=O)c1nc(C)oc1C1CCOCC1. The molecule has 0 N–H and O–H groups in total. The summed E-state index contributed by atoms with van der Waals surface area (Å²) in [6, 6.07) is 0. The zero-order valence-corrected chi connectivity index (χ0v) is 10.2. The quantitative estimate of drug-likeness (QED) is 0.755. The normalized spacial score (nSPS) is 17.1. The third-order valence-electron chi connectivity index (χ3n) is 2.82. The van der Waals surface area contributed by atoms with Crippen LogP contribution in [0.5, 0.6) is 0 Å². The number of hydrogen-bond acceptors (Lipinski definition) is 5. The Balaban J connectivity index is 2.22. The van der Waals surface area contributed by atoms with Crippen LogP contribution in [0.3, 0.4) is 0 Å². The average molecular weight is 239 g/mol. The Morgan fingerprint density at radius 1 is 1.47 bits per heavy atom. The molecule has 1 fully saturated rings. The van der Waals surface area contributed by atoms with E-state index in [1.54, 1.807) is 13.8 Å². The van der Waals surface area contributed by atoms with Gasteiger partial charge in [0.15, 0.2) is 11.6 Å². The number of aryl methyl sites for hydroxylation is 1. The predicted octanol–water partition coefficient (Wildman–Crippen LogP) is 2.05. The molecule has 0 amide bonds. The summed E-state index contributed by atoms with van der Waals surface area (Å²) in [5.41, 5.74) is 0.330. The van der Waals surface area contributed by atoms with Crippen LogP contribution in [0, 0.1) is 6.92 Å². The minimum Gasteiger partial charge on any atom is -0.461 e. The Hall–Kier alpha value is -1.36. The summed E-state index contributed by atoms with van der Waals surface area (Å²) >= 11 is 0. The van der Waals surface area contributed by atoms with Gasteiger partial charge < -0.3 is 13.9 Å². The first-order valence-corrected chi connectivity index (χ1v) is 5.94. The van der Waals surface area contributed by atoms with Gasteiger partial charge in [-0.2, -0.15) is 0 Å². The van der Waals surface area contributed by atoms with Gasteiger partial charge in [-0.05, 0) is 19.8 Å². The number of esters is 1. The van der Waals surface area contributed by atoms with E-state index >= 15 is 0 Å². The molecule has 2 heterocycles. The van der Waals surface area contributed by atoms with Gasteiger partial charge in [-0.3, -0.25) is 0 Å². The van der Waals surface area contributed by atoms with Crippen LogP contribution in [-0.2, 0) is 9.47 Å². The lowest BCUT2D eigenvalue weighted by Crippen LogP contribution is -2.17. The Bertz CT molecular complexity index is 393. The standard InChI is InChI=1S/C12H17NO4/c1-3-16-12(14)10-11(17-8(2)13-10)9-4-6-15-7-5-9/h9H,3-7H2,1-2H3. The van der Waals surface area contributed by atoms with Crippen molar-refractivity contribution in [2.75, 3.05) is 19.8 Å². The average Bonchev–Trinajstić information content (AvgIpc) is 2.73. The molecule has 1 aliphatic rings. The van der Waals surface area contributed by atoms with Crippen LogP contribution in [0.4, 0.5) is 0 Å². The van der Waals surface area contributed by atoms with Crippen molar-refractivity contribution in [3.05, 3.63) is 17.3 Å². The van der Waals surface area contributed by atoms with E-state index in [4.69, 9.17) is 13.9 Å². The van der Waals surface area contributed by atoms with Gasteiger partial charge in [0.05, 0.1) is 6.61 Å². The van der Waals surface area contributed by atoms with Crippen LogP contribution in [0.2, 0.25) is 0 Å². The number of oxazole rings is 1. The second kappa shape index (κ2) is 5.31. The maximum Gasteiger partial charge on any atom is 0.360 e. The van der Waals surface area contributed by atoms with Crippen molar-refractivity contribution in [2.45, 2.75) is 32.6 Å². The molecule has 0 spiro atoms. The minimum absolute atomic E-state index is 0.212. The minimum atomic E-state index is -0.397. The van der Waals surface area contributed by atoms with Crippen molar-refractivity contribution in [2.24, 2.45) is 0 Å². The lowest BCUT2D eigenvalue weighted by molar-refractivity contribution is 0.0509. The van der Waals surface area contributed by atoms with Gasteiger partial charge in [-0.1, -0.05) is 0 Å². The molecule has 0 atom stereocenters. The van der Waals surface area contributed by atoms with Crippen molar-refractivity contribution in [3.8, 4) is 0 Å². The number of carbonyl (C=O) groups is 1. The summed E-state index contributed by atoms with van der Waals surface area (Å²) in [6.45, 7) is 5.27. The third-order valence-corrected chi connectivity index (χ3v) is 2.82. The summed E-state index contributed by atoms with van der Waals surface area (Å²) in [5.74, 6) is 0.981. The van der Waals surface area contributed by atoms with E-state index in [2.05, 4.69) is 4.98 Å². The fourth-order valence-electron chi connectivity index (χ4n) is 2.02. The van der Waals surface area contributed by atoms with Crippen molar-refractivity contribution in [1.82, 2.24) is 4.98 Å². The third kappa shape index (κ3) is 2.66. The molecule has 1 saturated heterocycles. The highest BCUT2D eigenvalue weighted by atomic mass is 16.5. The highest BCUT2D eigenvalue weighted by molar-refractivity contribution is 5.88. The topological polar surface area (TPSA) is 61.6 Å². The number of aromatic nitrogens is 1. The lowest BCUT2D eigenvalue weighted by Gasteiger charge is -2.20. The molecule has 1 aromatic heterocycles. The van der Waals surface area contributed by atoms with Gasteiger partial charge in [0.2, 0.25) is 0 Å². The van der Waals surface area contributed by atoms with E-state index in [1.165, 1.54) is 0 Å². The van der Waals surface area contributed by atoms with Crippen LogP contribution in [-0.4, -0.2) is 30.8 Å². The first-order chi connectivity index (χ1) is 8.22. The second-order valence-electron chi connectivity index (χ2n) is 4.05. The molecule has 0 aromatic carbocycles. The molecule has 5 nitrogen and oxygen atoms in total. The maximum atomic E-state index is 11.7. The van der Waals surface area contributed by atoms with Crippen molar-refractivity contribution in [3.63, 3.8) is 0 Å². The van der Waals surface area contributed by atoms with Crippen molar-refractivity contribution < 1.29 is 18.7 Å². The molecule has 17 heavy (non-hydrogen) atoms. The molecule has 2 rings (SSSR count). The fraction of sp³-hybridized carbons (Fsp3) is 0.667. The maximum absolute atomic E-state index is 11.7. The van der Waals surface area contributed by atoms with Gasteiger partial charge in [0.25, 0.3) is 0 Å². The summed E-state index contributed by atoms with van der Waals surface area (Å²) in [4.78, 5) is 15.9. The molecular formula is C12H17NO4.